The van der Waals surface area contributed by atoms with Crippen molar-refractivity contribution in [2.24, 2.45) is 5.41 Å². The van der Waals surface area contributed by atoms with E-state index in [2.05, 4.69) is 20.6 Å². The van der Waals surface area contributed by atoms with E-state index in [4.69, 9.17) is 9.84 Å². The summed E-state index contributed by atoms with van der Waals surface area (Å²) in [6, 6.07) is 1.91. The number of halogens is 3. The van der Waals surface area contributed by atoms with Crippen LogP contribution in [0.5, 0.6) is 5.75 Å². The van der Waals surface area contributed by atoms with Crippen molar-refractivity contribution < 1.29 is 17.9 Å². The Balaban J connectivity index is 1.38. The zero-order valence-electron chi connectivity index (χ0n) is 18.2. The molecule has 3 aliphatic rings. The number of anilines is 1. The molecule has 0 amide bonds. The van der Waals surface area contributed by atoms with Gasteiger partial charge in [-0.3, -0.25) is 0 Å². The van der Waals surface area contributed by atoms with Crippen LogP contribution in [0.15, 0.2) is 18.3 Å². The molecule has 2 saturated carbocycles. The van der Waals surface area contributed by atoms with Crippen LogP contribution in [0, 0.1) is 17.0 Å². The number of fused-ring (bicyclic) bond motifs is 1. The molecule has 33 heavy (non-hydrogen) atoms. The van der Waals surface area contributed by atoms with Gasteiger partial charge >= 0.3 is 0 Å². The SMILES string of the molecule is COc1cc2ncc(-c3nc(N[C@H]4CNC[C@@H]4F)c(F)cc3F)n2nc1C1CC2(CCC2)C1. The fraction of sp³-hybridized carbons (Fsp3) is 0.522. The summed E-state index contributed by atoms with van der Waals surface area (Å²) in [7, 11) is 1.60. The molecule has 1 aliphatic heterocycles. The number of pyridine rings is 1. The molecule has 3 aromatic rings. The topological polar surface area (TPSA) is 76.4 Å². The second-order valence-corrected chi connectivity index (χ2v) is 9.54. The fourth-order valence-electron chi connectivity index (χ4n) is 5.49. The lowest BCUT2D eigenvalue weighted by Gasteiger charge is -2.54. The maximum atomic E-state index is 14.8. The molecule has 3 aromatic heterocycles. The molecule has 2 atom stereocenters. The second kappa shape index (κ2) is 7.58. The highest BCUT2D eigenvalue weighted by Gasteiger charge is 2.49. The van der Waals surface area contributed by atoms with Gasteiger partial charge in [0.2, 0.25) is 0 Å². The first-order chi connectivity index (χ1) is 16.0. The van der Waals surface area contributed by atoms with E-state index in [0.717, 1.165) is 24.6 Å². The molecule has 10 heteroatoms. The van der Waals surface area contributed by atoms with E-state index >= 15 is 0 Å². The van der Waals surface area contributed by atoms with E-state index < -0.39 is 23.8 Å². The maximum Gasteiger partial charge on any atom is 0.168 e. The standard InChI is InChI=1S/C23H25F3N6O/c1-33-18-6-19-28-11-17(32(19)31-20(18)12-7-23(8-12)3-2-4-23)21-13(24)5-14(25)22(30-21)29-16-10-27-9-15(16)26/h5-6,11-12,15-16,27H,2-4,7-10H2,1H3,(H,29,30)/t15-,16-/m0/s1. The molecular weight excluding hydrogens is 433 g/mol. The normalized spacial score (nSPS) is 24.1. The Morgan fingerprint density at radius 1 is 1.18 bits per heavy atom. The first-order valence-corrected chi connectivity index (χ1v) is 11.4. The largest absolute Gasteiger partial charge is 0.495 e. The molecular formula is C23H25F3N6O. The number of nitrogens with zero attached hydrogens (tertiary/aromatic N) is 4. The number of aromatic nitrogens is 4. The minimum Gasteiger partial charge on any atom is -0.495 e. The van der Waals surface area contributed by atoms with Crippen molar-refractivity contribution in [1.29, 1.82) is 0 Å². The van der Waals surface area contributed by atoms with Crippen LogP contribution < -0.4 is 15.4 Å². The third kappa shape index (κ3) is 3.34. The molecule has 4 heterocycles. The summed E-state index contributed by atoms with van der Waals surface area (Å²) in [6.45, 7) is 0.510. The van der Waals surface area contributed by atoms with Gasteiger partial charge in [-0.05, 0) is 31.1 Å². The summed E-state index contributed by atoms with van der Waals surface area (Å²) >= 11 is 0. The first kappa shape index (κ1) is 20.7. The predicted octanol–water partition coefficient (Wildman–Crippen LogP) is 3.85. The van der Waals surface area contributed by atoms with Gasteiger partial charge in [0.15, 0.2) is 23.1 Å². The van der Waals surface area contributed by atoms with Gasteiger partial charge in [-0.1, -0.05) is 6.42 Å². The lowest BCUT2D eigenvalue weighted by atomic mass is 9.51. The average molecular weight is 458 g/mol. The van der Waals surface area contributed by atoms with Crippen LogP contribution >= 0.6 is 0 Å². The summed E-state index contributed by atoms with van der Waals surface area (Å²) in [5.74, 6) is -0.967. The quantitative estimate of drug-likeness (QED) is 0.605. The molecule has 2 N–H and O–H groups in total. The van der Waals surface area contributed by atoms with Crippen molar-refractivity contribution in [3.63, 3.8) is 0 Å². The monoisotopic (exact) mass is 458 g/mol. The fourth-order valence-corrected chi connectivity index (χ4v) is 5.49. The average Bonchev–Trinajstić information content (AvgIpc) is 3.33. The molecule has 0 unspecified atom stereocenters. The highest BCUT2D eigenvalue weighted by Crippen LogP contribution is 2.62. The van der Waals surface area contributed by atoms with Gasteiger partial charge in [0, 0.05) is 31.1 Å². The van der Waals surface area contributed by atoms with Crippen LogP contribution in [0.4, 0.5) is 19.0 Å². The molecule has 6 rings (SSSR count). The van der Waals surface area contributed by atoms with E-state index in [9.17, 15) is 13.2 Å². The maximum absolute atomic E-state index is 14.8. The highest BCUT2D eigenvalue weighted by molar-refractivity contribution is 5.63. The number of rotatable bonds is 5. The lowest BCUT2D eigenvalue weighted by Crippen LogP contribution is -2.41. The Bertz CT molecular complexity index is 1220. The third-order valence-corrected chi connectivity index (χ3v) is 7.50. The number of hydrogen-bond acceptors (Lipinski definition) is 6. The van der Waals surface area contributed by atoms with Gasteiger partial charge in [0.1, 0.15) is 29.0 Å². The Morgan fingerprint density at radius 3 is 2.67 bits per heavy atom. The highest BCUT2D eigenvalue weighted by atomic mass is 19.1. The van der Waals surface area contributed by atoms with Gasteiger partial charge in [-0.15, -0.1) is 0 Å². The molecule has 3 fully saturated rings. The van der Waals surface area contributed by atoms with E-state index in [1.807, 2.05) is 0 Å². The first-order valence-electron chi connectivity index (χ1n) is 11.4. The number of methoxy groups -OCH3 is 1. The molecule has 0 radical (unpaired) electrons. The Morgan fingerprint density at radius 2 is 2.00 bits per heavy atom. The summed E-state index contributed by atoms with van der Waals surface area (Å²) < 4.78 is 50.4. The second-order valence-electron chi connectivity index (χ2n) is 9.54. The third-order valence-electron chi connectivity index (χ3n) is 7.50. The minimum absolute atomic E-state index is 0.0968. The lowest BCUT2D eigenvalue weighted by molar-refractivity contribution is 0.00648. The zero-order chi connectivity index (χ0) is 22.7. The van der Waals surface area contributed by atoms with E-state index in [1.54, 1.807) is 13.2 Å². The number of imidazole rings is 1. The van der Waals surface area contributed by atoms with Crippen LogP contribution in [0.3, 0.4) is 0 Å². The van der Waals surface area contributed by atoms with Gasteiger partial charge in [0.25, 0.3) is 0 Å². The molecule has 0 aromatic carbocycles. The minimum atomic E-state index is -1.19. The van der Waals surface area contributed by atoms with E-state index in [0.29, 0.717) is 29.1 Å². The van der Waals surface area contributed by atoms with Crippen molar-refractivity contribution in [3.8, 4) is 17.1 Å². The van der Waals surface area contributed by atoms with Crippen molar-refractivity contribution >= 4 is 11.5 Å². The van der Waals surface area contributed by atoms with Crippen LogP contribution in [0.2, 0.25) is 0 Å². The number of hydrogen-bond donors (Lipinski definition) is 2. The zero-order valence-corrected chi connectivity index (χ0v) is 18.2. The van der Waals surface area contributed by atoms with Crippen LogP contribution in [-0.4, -0.2) is 52.0 Å². The summed E-state index contributed by atoms with van der Waals surface area (Å²) in [5, 5.41) is 10.4. The predicted molar refractivity (Wildman–Crippen MR) is 116 cm³/mol. The van der Waals surface area contributed by atoms with Crippen LogP contribution in [0.25, 0.3) is 17.0 Å². The van der Waals surface area contributed by atoms with Gasteiger partial charge in [-0.2, -0.15) is 5.10 Å². The summed E-state index contributed by atoms with van der Waals surface area (Å²) in [6.07, 6.45) is 6.23. The van der Waals surface area contributed by atoms with Crippen molar-refractivity contribution in [2.45, 2.75) is 50.2 Å². The van der Waals surface area contributed by atoms with E-state index in [1.165, 1.54) is 30.0 Å². The van der Waals surface area contributed by atoms with Crippen LogP contribution in [0.1, 0.15) is 43.7 Å². The summed E-state index contributed by atoms with van der Waals surface area (Å²) in [4.78, 5) is 8.51. The number of ether oxygens (including phenoxy) is 1. The molecule has 2 aliphatic carbocycles. The van der Waals surface area contributed by atoms with Gasteiger partial charge in [0.05, 0.1) is 19.3 Å². The Hall–Kier alpha value is -2.88. The van der Waals surface area contributed by atoms with Crippen LogP contribution in [-0.2, 0) is 0 Å². The van der Waals surface area contributed by atoms with Crippen molar-refractivity contribution in [3.05, 3.63) is 35.7 Å². The summed E-state index contributed by atoms with van der Waals surface area (Å²) in [5.41, 5.74) is 1.96. The molecule has 1 spiro atoms. The number of alkyl halides is 1. The van der Waals surface area contributed by atoms with Gasteiger partial charge < -0.3 is 15.4 Å². The Kier molecular flexibility index (Phi) is 4.76. The molecule has 174 valence electrons. The molecule has 0 bridgehead atoms. The molecule has 1 saturated heterocycles. The van der Waals surface area contributed by atoms with Crippen molar-refractivity contribution in [1.82, 2.24) is 24.9 Å². The Labute approximate surface area is 188 Å². The van der Waals surface area contributed by atoms with Gasteiger partial charge in [-0.25, -0.2) is 27.7 Å². The van der Waals surface area contributed by atoms with E-state index in [-0.39, 0.29) is 24.0 Å². The molecule has 7 nitrogen and oxygen atoms in total. The number of nitrogens with one attached hydrogen (secondary N) is 2. The smallest absolute Gasteiger partial charge is 0.168 e. The van der Waals surface area contributed by atoms with Crippen molar-refractivity contribution in [2.75, 3.05) is 25.5 Å².